The molecule has 0 aliphatic rings. The summed E-state index contributed by atoms with van der Waals surface area (Å²) in [6.07, 6.45) is 1.03. The topological polar surface area (TPSA) is 52.3 Å². The molecule has 0 spiro atoms. The first kappa shape index (κ1) is 12.8. The van der Waals surface area contributed by atoms with Crippen molar-refractivity contribution < 1.29 is 13.9 Å². The van der Waals surface area contributed by atoms with E-state index in [1.54, 1.807) is 12.1 Å². The largest absolute Gasteiger partial charge is 0.469 e. The lowest BCUT2D eigenvalue weighted by molar-refractivity contribution is -0.140. The Hall–Kier alpha value is -1.23. The van der Waals surface area contributed by atoms with Gasteiger partial charge in [-0.25, -0.2) is 4.39 Å². The van der Waals surface area contributed by atoms with Gasteiger partial charge < -0.3 is 10.5 Å². The Bertz CT molecular complexity index is 371. The summed E-state index contributed by atoms with van der Waals surface area (Å²) in [5.41, 5.74) is 5.84. The average Bonchev–Trinajstić information content (AvgIpc) is 2.26. The second kappa shape index (κ2) is 6.37. The number of nitrogen functional groups attached to an aromatic ring is 1. The number of carbonyl (C=O) groups is 1. The second-order valence-corrected chi connectivity index (χ2v) is 4.35. The lowest BCUT2D eigenvalue weighted by Crippen LogP contribution is -2.00. The number of rotatable bonds is 5. The monoisotopic (exact) mass is 243 g/mol. The summed E-state index contributed by atoms with van der Waals surface area (Å²) < 4.78 is 17.8. The maximum Gasteiger partial charge on any atom is 0.305 e. The Morgan fingerprint density at radius 3 is 2.94 bits per heavy atom. The van der Waals surface area contributed by atoms with E-state index >= 15 is 0 Å². The summed E-state index contributed by atoms with van der Waals surface area (Å²) in [4.78, 5) is 11.4. The minimum atomic E-state index is -0.317. The molecule has 1 aromatic carbocycles. The highest BCUT2D eigenvalue weighted by molar-refractivity contribution is 7.99. The quantitative estimate of drug-likeness (QED) is 0.373. The van der Waals surface area contributed by atoms with Crippen LogP contribution >= 0.6 is 11.8 Å². The van der Waals surface area contributed by atoms with Gasteiger partial charge in [-0.2, -0.15) is 0 Å². The van der Waals surface area contributed by atoms with E-state index in [1.807, 2.05) is 0 Å². The van der Waals surface area contributed by atoms with E-state index in [1.165, 1.54) is 24.9 Å². The van der Waals surface area contributed by atoms with Crippen LogP contribution < -0.4 is 5.73 Å². The molecule has 0 amide bonds. The van der Waals surface area contributed by atoms with Crippen LogP contribution in [0.5, 0.6) is 0 Å². The summed E-state index contributed by atoms with van der Waals surface area (Å²) in [7, 11) is 1.36. The molecule has 0 radical (unpaired) electrons. The van der Waals surface area contributed by atoms with E-state index in [0.29, 0.717) is 29.2 Å². The molecular formula is C11H14FNO2S. The molecule has 0 atom stereocenters. The van der Waals surface area contributed by atoms with E-state index in [4.69, 9.17) is 5.73 Å². The minimum Gasteiger partial charge on any atom is -0.469 e. The molecule has 0 aliphatic heterocycles. The molecule has 16 heavy (non-hydrogen) atoms. The maximum atomic E-state index is 13.3. The van der Waals surface area contributed by atoms with Gasteiger partial charge in [-0.3, -0.25) is 4.79 Å². The van der Waals surface area contributed by atoms with Crippen molar-refractivity contribution in [1.82, 2.24) is 0 Å². The molecule has 0 aromatic heterocycles. The SMILES string of the molecule is COC(=O)CCCSc1ccc(N)cc1F. The third-order valence-electron chi connectivity index (χ3n) is 1.97. The van der Waals surface area contributed by atoms with E-state index in [9.17, 15) is 9.18 Å². The fraction of sp³-hybridized carbons (Fsp3) is 0.364. The van der Waals surface area contributed by atoms with Gasteiger partial charge in [-0.15, -0.1) is 11.8 Å². The first-order valence-electron chi connectivity index (χ1n) is 4.88. The zero-order chi connectivity index (χ0) is 12.0. The Labute approximate surface area is 98.2 Å². The Kier molecular flexibility index (Phi) is 5.11. The molecule has 1 aromatic rings. The van der Waals surface area contributed by atoms with Crippen LogP contribution in [-0.4, -0.2) is 18.8 Å². The molecule has 1 rings (SSSR count). The molecule has 0 unspecified atom stereocenters. The highest BCUT2D eigenvalue weighted by atomic mass is 32.2. The molecule has 0 saturated heterocycles. The third-order valence-corrected chi connectivity index (χ3v) is 3.10. The molecule has 5 heteroatoms. The van der Waals surface area contributed by atoms with Crippen LogP contribution in [0.15, 0.2) is 23.1 Å². The number of esters is 1. The Morgan fingerprint density at radius 1 is 1.56 bits per heavy atom. The van der Waals surface area contributed by atoms with Crippen molar-refractivity contribution in [2.24, 2.45) is 0 Å². The smallest absolute Gasteiger partial charge is 0.305 e. The number of anilines is 1. The van der Waals surface area contributed by atoms with Gasteiger partial charge in [0.1, 0.15) is 5.82 Å². The molecular weight excluding hydrogens is 229 g/mol. The van der Waals surface area contributed by atoms with Crippen LogP contribution in [0.1, 0.15) is 12.8 Å². The molecule has 88 valence electrons. The second-order valence-electron chi connectivity index (χ2n) is 3.22. The van der Waals surface area contributed by atoms with Crippen molar-refractivity contribution in [2.45, 2.75) is 17.7 Å². The van der Waals surface area contributed by atoms with Crippen molar-refractivity contribution in [3.8, 4) is 0 Å². The van der Waals surface area contributed by atoms with Crippen LogP contribution in [0.4, 0.5) is 10.1 Å². The number of hydrogen-bond acceptors (Lipinski definition) is 4. The van der Waals surface area contributed by atoms with Gasteiger partial charge in [0.2, 0.25) is 0 Å². The minimum absolute atomic E-state index is 0.238. The number of ether oxygens (including phenoxy) is 1. The van der Waals surface area contributed by atoms with Gasteiger partial charge in [-0.1, -0.05) is 0 Å². The number of thioether (sulfide) groups is 1. The van der Waals surface area contributed by atoms with Crippen LogP contribution in [0.2, 0.25) is 0 Å². The zero-order valence-corrected chi connectivity index (χ0v) is 9.85. The number of carbonyl (C=O) groups excluding carboxylic acids is 1. The summed E-state index contributed by atoms with van der Waals surface area (Å²) >= 11 is 1.37. The van der Waals surface area contributed by atoms with Crippen LogP contribution in [-0.2, 0) is 9.53 Å². The lowest BCUT2D eigenvalue weighted by Gasteiger charge is -2.03. The maximum absolute atomic E-state index is 13.3. The van der Waals surface area contributed by atoms with Crippen LogP contribution in [0, 0.1) is 5.82 Å². The van der Waals surface area contributed by atoms with Crippen molar-refractivity contribution in [2.75, 3.05) is 18.6 Å². The first-order chi connectivity index (χ1) is 7.63. The molecule has 2 N–H and O–H groups in total. The van der Waals surface area contributed by atoms with Crippen molar-refractivity contribution >= 4 is 23.4 Å². The summed E-state index contributed by atoms with van der Waals surface area (Å²) in [6.45, 7) is 0. The van der Waals surface area contributed by atoms with Crippen molar-refractivity contribution in [3.63, 3.8) is 0 Å². The highest BCUT2D eigenvalue weighted by Gasteiger charge is 2.04. The first-order valence-corrected chi connectivity index (χ1v) is 5.86. The van der Waals surface area contributed by atoms with Gasteiger partial charge in [0.25, 0.3) is 0 Å². The normalized spacial score (nSPS) is 10.1. The number of benzene rings is 1. The van der Waals surface area contributed by atoms with E-state index in [0.717, 1.165) is 0 Å². The molecule has 0 aliphatic carbocycles. The van der Waals surface area contributed by atoms with Crippen LogP contribution in [0.25, 0.3) is 0 Å². The number of hydrogen-bond donors (Lipinski definition) is 1. The standard InChI is InChI=1S/C11H14FNO2S/c1-15-11(14)3-2-6-16-10-5-4-8(13)7-9(10)12/h4-5,7H,2-3,6,13H2,1H3. The van der Waals surface area contributed by atoms with Crippen molar-refractivity contribution in [3.05, 3.63) is 24.0 Å². The van der Waals surface area contributed by atoms with Gasteiger partial charge in [0, 0.05) is 17.0 Å². The summed E-state index contributed by atoms with van der Waals surface area (Å²) in [6, 6.07) is 4.60. The van der Waals surface area contributed by atoms with E-state index in [-0.39, 0.29) is 11.8 Å². The van der Waals surface area contributed by atoms with Gasteiger partial charge >= 0.3 is 5.97 Å². The number of nitrogens with two attached hydrogens (primary N) is 1. The molecule has 0 heterocycles. The number of halogens is 1. The number of methoxy groups -OCH3 is 1. The summed E-state index contributed by atoms with van der Waals surface area (Å²) in [5.74, 6) is 0.122. The van der Waals surface area contributed by atoms with Gasteiger partial charge in [0.05, 0.1) is 7.11 Å². The highest BCUT2D eigenvalue weighted by Crippen LogP contribution is 2.24. The van der Waals surface area contributed by atoms with Gasteiger partial charge in [-0.05, 0) is 30.4 Å². The lowest BCUT2D eigenvalue weighted by atomic mass is 10.3. The van der Waals surface area contributed by atoms with Crippen LogP contribution in [0.3, 0.4) is 0 Å². The predicted molar refractivity (Wildman–Crippen MR) is 62.8 cm³/mol. The van der Waals surface area contributed by atoms with Gasteiger partial charge in [0.15, 0.2) is 0 Å². The molecule has 0 saturated carbocycles. The summed E-state index contributed by atoms with van der Waals surface area (Å²) in [5, 5.41) is 0. The Balaban J connectivity index is 2.35. The fourth-order valence-corrected chi connectivity index (χ4v) is 2.00. The average molecular weight is 243 g/mol. The van der Waals surface area contributed by atoms with E-state index in [2.05, 4.69) is 4.74 Å². The van der Waals surface area contributed by atoms with E-state index < -0.39 is 0 Å². The molecule has 3 nitrogen and oxygen atoms in total. The fourth-order valence-electron chi connectivity index (χ4n) is 1.13. The third kappa shape index (κ3) is 4.10. The zero-order valence-electron chi connectivity index (χ0n) is 9.03. The van der Waals surface area contributed by atoms with Crippen molar-refractivity contribution in [1.29, 1.82) is 0 Å². The predicted octanol–water partition coefficient (Wildman–Crippen LogP) is 2.45. The molecule has 0 bridgehead atoms. The Morgan fingerprint density at radius 2 is 2.31 bits per heavy atom. The molecule has 0 fully saturated rings.